The van der Waals surface area contributed by atoms with Crippen molar-refractivity contribution in [2.45, 2.75) is 13.8 Å². The van der Waals surface area contributed by atoms with Crippen molar-refractivity contribution < 1.29 is 20.0 Å². The van der Waals surface area contributed by atoms with E-state index in [1.54, 1.807) is 86.6 Å². The quantitative estimate of drug-likeness (QED) is 0.295. The number of amides is 2. The van der Waals surface area contributed by atoms with E-state index in [0.29, 0.717) is 33.9 Å². The van der Waals surface area contributed by atoms with E-state index < -0.39 is 11.8 Å². The molecule has 0 radical (unpaired) electrons. The summed E-state index contributed by atoms with van der Waals surface area (Å²) in [5.41, 5.74) is 3.41. The van der Waals surface area contributed by atoms with Gasteiger partial charge in [-0.15, -0.1) is 0 Å². The molecular formula is C28H24N6O4. The van der Waals surface area contributed by atoms with Gasteiger partial charge in [-0.05, 0) is 38.1 Å². The Morgan fingerprint density at radius 3 is 1.29 bits per heavy atom. The zero-order chi connectivity index (χ0) is 26.8. The molecule has 2 amide bonds. The van der Waals surface area contributed by atoms with Gasteiger partial charge in [-0.3, -0.25) is 9.59 Å². The summed E-state index contributed by atoms with van der Waals surface area (Å²) in [7, 11) is 0. The van der Waals surface area contributed by atoms with Crippen molar-refractivity contribution in [1.29, 1.82) is 0 Å². The van der Waals surface area contributed by atoms with Gasteiger partial charge in [0.05, 0.1) is 22.8 Å². The third-order valence-corrected chi connectivity index (χ3v) is 6.50. The van der Waals surface area contributed by atoms with Crippen LogP contribution in [0.5, 0.6) is 0 Å². The average molecular weight is 509 g/mol. The lowest BCUT2D eigenvalue weighted by atomic mass is 9.89. The molecule has 0 saturated carbocycles. The highest BCUT2D eigenvalue weighted by atomic mass is 16.4. The van der Waals surface area contributed by atoms with E-state index in [0.717, 1.165) is 0 Å². The van der Waals surface area contributed by atoms with Crippen molar-refractivity contribution in [2.75, 3.05) is 10.0 Å². The fourth-order valence-corrected chi connectivity index (χ4v) is 4.65. The summed E-state index contributed by atoms with van der Waals surface area (Å²) in [5.74, 6) is -2.43. The van der Waals surface area contributed by atoms with Gasteiger partial charge < -0.3 is 10.4 Å². The summed E-state index contributed by atoms with van der Waals surface area (Å²) < 4.78 is 0. The van der Waals surface area contributed by atoms with Gasteiger partial charge in [0.25, 0.3) is 11.8 Å². The van der Waals surface area contributed by atoms with Crippen LogP contribution < -0.4 is 10.0 Å². The summed E-state index contributed by atoms with van der Waals surface area (Å²) in [6, 6.07) is 24.6. The number of nitrogens with zero attached hydrogens (tertiary/aromatic N) is 6. The van der Waals surface area contributed by atoms with Crippen LogP contribution in [0.3, 0.4) is 0 Å². The van der Waals surface area contributed by atoms with Crippen LogP contribution in [-0.4, -0.2) is 45.1 Å². The number of carbonyl (C=O) groups excluding carboxylic acids is 2. The SMILES string of the molecule is CC1=NN(c2ccccc2)C(=O)[C@H]1/C(=N\O)c1ccc(/C(=N/O)[C@H]2C(=O)N(c3ccccc3)N=C2C)cc1. The first kappa shape index (κ1) is 24.6. The maximum absolute atomic E-state index is 13.2. The Hall–Kier alpha value is -5.12. The number of benzene rings is 3. The lowest BCUT2D eigenvalue weighted by molar-refractivity contribution is -0.119. The molecule has 2 N–H and O–H groups in total. The second-order valence-corrected chi connectivity index (χ2v) is 8.87. The molecule has 10 nitrogen and oxygen atoms in total. The number of anilines is 2. The number of hydrogen-bond acceptors (Lipinski definition) is 8. The Morgan fingerprint density at radius 2 is 0.974 bits per heavy atom. The number of para-hydroxylation sites is 2. The van der Waals surface area contributed by atoms with Gasteiger partial charge >= 0.3 is 0 Å². The predicted molar refractivity (Wildman–Crippen MR) is 144 cm³/mol. The zero-order valence-electron chi connectivity index (χ0n) is 20.6. The Kier molecular flexibility index (Phi) is 6.53. The van der Waals surface area contributed by atoms with E-state index in [9.17, 15) is 20.0 Å². The molecule has 10 heteroatoms. The van der Waals surface area contributed by atoms with Crippen LogP contribution in [-0.2, 0) is 9.59 Å². The molecule has 0 saturated heterocycles. The first-order valence-electron chi connectivity index (χ1n) is 11.9. The zero-order valence-corrected chi connectivity index (χ0v) is 20.6. The standard InChI is InChI=1S/C28H24N6O4/c1-17-23(27(35)33(29-17)21-9-5-3-6-10-21)25(31-37)19-13-15-20(16-14-19)26(32-38)24-18(2)30-34(28(24)36)22-11-7-4-8-12-22/h3-16,23-24,37-38H,1-2H3/b31-25-,32-26-/t23-,24+. The average Bonchev–Trinajstić information content (AvgIpc) is 3.41. The lowest BCUT2D eigenvalue weighted by Gasteiger charge is -2.17. The molecule has 5 rings (SSSR count). The number of hydrazone groups is 2. The number of carbonyl (C=O) groups is 2. The molecule has 0 aromatic heterocycles. The molecule has 2 heterocycles. The molecule has 0 unspecified atom stereocenters. The van der Waals surface area contributed by atoms with Gasteiger partial charge in [0.1, 0.15) is 23.3 Å². The van der Waals surface area contributed by atoms with Gasteiger partial charge in [0.2, 0.25) is 0 Å². The second kappa shape index (κ2) is 10.1. The Labute approximate surface area is 218 Å². The molecule has 0 spiro atoms. The fraction of sp³-hybridized carbons (Fsp3) is 0.143. The Balaban J connectivity index is 1.39. The van der Waals surface area contributed by atoms with E-state index >= 15 is 0 Å². The van der Waals surface area contributed by atoms with Crippen LogP contribution in [0.4, 0.5) is 11.4 Å². The predicted octanol–water partition coefficient (Wildman–Crippen LogP) is 4.12. The van der Waals surface area contributed by atoms with Gasteiger partial charge in [-0.2, -0.15) is 20.2 Å². The monoisotopic (exact) mass is 508 g/mol. The summed E-state index contributed by atoms with van der Waals surface area (Å²) in [6.07, 6.45) is 0. The minimum atomic E-state index is -0.873. The molecule has 2 aliphatic rings. The molecular weight excluding hydrogens is 484 g/mol. The van der Waals surface area contributed by atoms with Crippen molar-refractivity contribution >= 4 is 46.0 Å². The fourth-order valence-electron chi connectivity index (χ4n) is 4.65. The Morgan fingerprint density at radius 1 is 0.632 bits per heavy atom. The largest absolute Gasteiger partial charge is 0.411 e. The Bertz CT molecular complexity index is 1380. The first-order valence-corrected chi connectivity index (χ1v) is 11.9. The first-order chi connectivity index (χ1) is 18.4. The molecule has 190 valence electrons. The molecule has 3 aromatic rings. The van der Waals surface area contributed by atoms with Gasteiger partial charge in [0.15, 0.2) is 0 Å². The highest BCUT2D eigenvalue weighted by molar-refractivity contribution is 6.33. The highest BCUT2D eigenvalue weighted by Crippen LogP contribution is 2.29. The number of hydrogen-bond donors (Lipinski definition) is 2. The highest BCUT2D eigenvalue weighted by Gasteiger charge is 2.40. The topological polar surface area (TPSA) is 131 Å². The van der Waals surface area contributed by atoms with Crippen LogP contribution in [0.2, 0.25) is 0 Å². The summed E-state index contributed by atoms with van der Waals surface area (Å²) in [5, 5.41) is 38.0. The van der Waals surface area contributed by atoms with Gasteiger partial charge in [-0.1, -0.05) is 71.0 Å². The minimum absolute atomic E-state index is 0.133. The molecule has 2 atom stereocenters. The second-order valence-electron chi connectivity index (χ2n) is 8.87. The van der Waals surface area contributed by atoms with Crippen LogP contribution in [0.25, 0.3) is 0 Å². The number of oxime groups is 2. The summed E-state index contributed by atoms with van der Waals surface area (Å²) in [6.45, 7) is 3.40. The summed E-state index contributed by atoms with van der Waals surface area (Å²) >= 11 is 0. The number of rotatable bonds is 6. The van der Waals surface area contributed by atoms with Gasteiger partial charge in [-0.25, -0.2) is 0 Å². The van der Waals surface area contributed by atoms with Crippen molar-refractivity contribution in [1.82, 2.24) is 0 Å². The molecule has 0 aliphatic carbocycles. The lowest BCUT2D eigenvalue weighted by Crippen LogP contribution is -2.34. The van der Waals surface area contributed by atoms with Crippen LogP contribution in [0, 0.1) is 11.8 Å². The third-order valence-electron chi connectivity index (χ3n) is 6.50. The van der Waals surface area contributed by atoms with Crippen molar-refractivity contribution in [3.05, 3.63) is 96.1 Å². The van der Waals surface area contributed by atoms with E-state index in [1.165, 1.54) is 10.0 Å². The van der Waals surface area contributed by atoms with Crippen molar-refractivity contribution in [3.8, 4) is 0 Å². The van der Waals surface area contributed by atoms with E-state index in [1.807, 2.05) is 12.1 Å². The molecule has 2 aliphatic heterocycles. The van der Waals surface area contributed by atoms with Crippen LogP contribution in [0.15, 0.2) is 105 Å². The van der Waals surface area contributed by atoms with Crippen molar-refractivity contribution in [2.24, 2.45) is 32.4 Å². The molecule has 0 fully saturated rings. The van der Waals surface area contributed by atoms with Crippen LogP contribution >= 0.6 is 0 Å². The molecule has 3 aromatic carbocycles. The normalized spacial score (nSPS) is 20.2. The summed E-state index contributed by atoms with van der Waals surface area (Å²) in [4.78, 5) is 26.4. The smallest absolute Gasteiger partial charge is 0.262 e. The molecule has 0 bridgehead atoms. The maximum Gasteiger partial charge on any atom is 0.262 e. The van der Waals surface area contributed by atoms with Crippen molar-refractivity contribution in [3.63, 3.8) is 0 Å². The van der Waals surface area contributed by atoms with E-state index in [-0.39, 0.29) is 23.2 Å². The van der Waals surface area contributed by atoms with E-state index in [4.69, 9.17) is 0 Å². The molecule has 38 heavy (non-hydrogen) atoms. The van der Waals surface area contributed by atoms with E-state index in [2.05, 4.69) is 20.5 Å². The van der Waals surface area contributed by atoms with Gasteiger partial charge in [0, 0.05) is 11.1 Å². The van der Waals surface area contributed by atoms with Crippen LogP contribution in [0.1, 0.15) is 25.0 Å². The maximum atomic E-state index is 13.2. The third kappa shape index (κ3) is 4.21. The minimum Gasteiger partial charge on any atom is -0.411 e.